The van der Waals surface area contributed by atoms with E-state index in [0.29, 0.717) is 10.3 Å². The molecule has 0 saturated heterocycles. The van der Waals surface area contributed by atoms with Gasteiger partial charge in [-0.3, -0.25) is 4.90 Å². The van der Waals surface area contributed by atoms with Crippen molar-refractivity contribution in [2.75, 3.05) is 20.6 Å². The third-order valence-corrected chi connectivity index (χ3v) is 4.99. The van der Waals surface area contributed by atoms with Crippen LogP contribution in [0.2, 0.25) is 0 Å². The molecule has 0 rings (SSSR count). The van der Waals surface area contributed by atoms with E-state index in [1.807, 2.05) is 0 Å². The largest absolute Gasteiger partial charge is 0.299 e. The van der Waals surface area contributed by atoms with Gasteiger partial charge >= 0.3 is 0 Å². The lowest BCUT2D eigenvalue weighted by Crippen LogP contribution is -2.24. The minimum Gasteiger partial charge on any atom is -0.299 e. The zero-order valence-corrected chi connectivity index (χ0v) is 12.5. The molecule has 0 saturated carbocycles. The summed E-state index contributed by atoms with van der Waals surface area (Å²) >= 11 is 0. The molecule has 0 amide bonds. The van der Waals surface area contributed by atoms with Gasteiger partial charge in [0.25, 0.3) is 0 Å². The fraction of sp³-hybridized carbons (Fsp3) is 0.846. The molecule has 0 radical (unpaired) electrons. The average molecular weight is 227 g/mol. The lowest BCUT2D eigenvalue weighted by Gasteiger charge is -2.37. The maximum Gasteiger partial charge on any atom is 0.0600 e. The maximum absolute atomic E-state index is 3.50. The van der Waals surface area contributed by atoms with E-state index in [0.717, 1.165) is 6.54 Å². The van der Waals surface area contributed by atoms with Gasteiger partial charge in [-0.25, -0.2) is 0 Å². The van der Waals surface area contributed by atoms with Crippen molar-refractivity contribution in [3.63, 3.8) is 0 Å². The van der Waals surface area contributed by atoms with Crippen LogP contribution in [-0.4, -0.2) is 35.9 Å². The summed E-state index contributed by atoms with van der Waals surface area (Å²) in [5.74, 6) is 3.30. The monoisotopic (exact) mass is 227 g/mol. The van der Waals surface area contributed by atoms with Crippen molar-refractivity contribution < 1.29 is 0 Å². The van der Waals surface area contributed by atoms with E-state index in [-0.39, 0.29) is 7.92 Å². The number of hydrogen-bond acceptors (Lipinski definition) is 1. The smallest absolute Gasteiger partial charge is 0.0600 e. The lowest BCUT2D eigenvalue weighted by atomic mass is 10.2. The van der Waals surface area contributed by atoms with Crippen LogP contribution in [0.15, 0.2) is 0 Å². The summed E-state index contributed by atoms with van der Waals surface area (Å²) in [6.45, 7) is 14.7. The third kappa shape index (κ3) is 6.18. The topological polar surface area (TPSA) is 3.24 Å². The van der Waals surface area contributed by atoms with Gasteiger partial charge in [0.15, 0.2) is 0 Å². The fourth-order valence-corrected chi connectivity index (χ4v) is 4.53. The lowest BCUT2D eigenvalue weighted by molar-refractivity contribution is 0.464. The van der Waals surface area contributed by atoms with Crippen molar-refractivity contribution in [2.45, 2.75) is 51.9 Å². The Morgan fingerprint density at radius 1 is 0.933 bits per heavy atom. The first-order chi connectivity index (χ1) is 6.55. The summed E-state index contributed by atoms with van der Waals surface area (Å²) in [6.07, 6.45) is 0. The normalized spacial score (nSPS) is 12.9. The van der Waals surface area contributed by atoms with E-state index >= 15 is 0 Å². The molecule has 0 aromatic rings. The Morgan fingerprint density at radius 3 is 1.60 bits per heavy atom. The predicted molar refractivity (Wildman–Crippen MR) is 72.8 cm³/mol. The van der Waals surface area contributed by atoms with Crippen LogP contribution in [0.5, 0.6) is 0 Å². The Labute approximate surface area is 97.4 Å². The van der Waals surface area contributed by atoms with Crippen molar-refractivity contribution in [1.82, 2.24) is 4.90 Å². The SMILES string of the molecule is CN(C)CC#CP(C(C)(C)C)C(C)(C)C. The zero-order chi connectivity index (χ0) is 12.3. The van der Waals surface area contributed by atoms with Gasteiger partial charge in [0.05, 0.1) is 6.54 Å². The van der Waals surface area contributed by atoms with Crippen molar-refractivity contribution >= 4 is 7.92 Å². The van der Waals surface area contributed by atoms with Gasteiger partial charge in [-0.1, -0.05) is 53.1 Å². The van der Waals surface area contributed by atoms with Crippen LogP contribution in [0.1, 0.15) is 41.5 Å². The van der Waals surface area contributed by atoms with Gasteiger partial charge in [-0.2, -0.15) is 0 Å². The summed E-state index contributed by atoms with van der Waals surface area (Å²) in [7, 11) is 3.86. The number of nitrogens with zero attached hydrogens (tertiary/aromatic N) is 1. The molecule has 0 bridgehead atoms. The third-order valence-electron chi connectivity index (χ3n) is 1.93. The Hall–Kier alpha value is -0.0500. The molecule has 0 aromatic carbocycles. The standard InChI is InChI=1S/C13H26NP/c1-12(2,3)15(13(4,5)6)11-9-10-14(7)8/h10H2,1-8H3. The van der Waals surface area contributed by atoms with Gasteiger partial charge in [0, 0.05) is 0 Å². The second-order valence-corrected chi connectivity index (χ2v) is 9.78. The molecule has 0 aliphatic carbocycles. The van der Waals surface area contributed by atoms with Crippen LogP contribution in [0, 0.1) is 11.6 Å². The highest BCUT2D eigenvalue weighted by Crippen LogP contribution is 2.58. The summed E-state index contributed by atoms with van der Waals surface area (Å²) in [5.41, 5.74) is 3.50. The van der Waals surface area contributed by atoms with E-state index < -0.39 is 0 Å². The molecule has 0 atom stereocenters. The highest BCUT2D eigenvalue weighted by atomic mass is 31.1. The van der Waals surface area contributed by atoms with E-state index in [1.54, 1.807) is 0 Å². The summed E-state index contributed by atoms with van der Waals surface area (Å²) in [5, 5.41) is 0.625. The van der Waals surface area contributed by atoms with Crippen molar-refractivity contribution in [3.05, 3.63) is 0 Å². The molecule has 0 heterocycles. The van der Waals surface area contributed by atoms with Crippen LogP contribution in [-0.2, 0) is 0 Å². The van der Waals surface area contributed by atoms with Gasteiger partial charge in [0.1, 0.15) is 0 Å². The second kappa shape index (κ2) is 5.33. The van der Waals surface area contributed by atoms with Crippen molar-refractivity contribution in [3.8, 4) is 11.6 Å². The molecule has 15 heavy (non-hydrogen) atoms. The first-order valence-electron chi connectivity index (χ1n) is 5.49. The molecule has 0 aromatic heterocycles. The molecular formula is C13H26NP. The molecule has 1 nitrogen and oxygen atoms in total. The highest BCUT2D eigenvalue weighted by Gasteiger charge is 2.33. The molecule has 2 heteroatoms. The molecule has 0 unspecified atom stereocenters. The first kappa shape index (κ1) is 14.9. The zero-order valence-electron chi connectivity index (χ0n) is 11.6. The summed E-state index contributed by atoms with van der Waals surface area (Å²) < 4.78 is 0. The van der Waals surface area contributed by atoms with Crippen LogP contribution in [0.3, 0.4) is 0 Å². The Morgan fingerprint density at radius 2 is 1.33 bits per heavy atom. The van der Waals surface area contributed by atoms with Crippen LogP contribution >= 0.6 is 7.92 Å². The van der Waals surface area contributed by atoms with Gasteiger partial charge < -0.3 is 0 Å². The summed E-state index contributed by atoms with van der Waals surface area (Å²) in [6, 6.07) is 0. The van der Waals surface area contributed by atoms with Gasteiger partial charge in [-0.15, -0.1) is 0 Å². The highest BCUT2D eigenvalue weighted by molar-refractivity contribution is 7.65. The van der Waals surface area contributed by atoms with Crippen molar-refractivity contribution in [2.24, 2.45) is 0 Å². The van der Waals surface area contributed by atoms with E-state index in [2.05, 4.69) is 72.1 Å². The molecule has 0 aliphatic rings. The van der Waals surface area contributed by atoms with E-state index in [4.69, 9.17) is 0 Å². The fourth-order valence-electron chi connectivity index (χ4n) is 1.61. The predicted octanol–water partition coefficient (Wildman–Crippen LogP) is 3.59. The minimum atomic E-state index is -0.261. The Kier molecular flexibility index (Phi) is 5.31. The van der Waals surface area contributed by atoms with Crippen molar-refractivity contribution in [1.29, 1.82) is 0 Å². The van der Waals surface area contributed by atoms with E-state index in [1.165, 1.54) is 0 Å². The number of rotatable bonds is 1. The van der Waals surface area contributed by atoms with Gasteiger partial charge in [0.2, 0.25) is 0 Å². The maximum atomic E-state index is 3.50. The number of hydrogen-bond donors (Lipinski definition) is 0. The average Bonchev–Trinajstić information content (AvgIpc) is 1.92. The minimum absolute atomic E-state index is 0.261. The summed E-state index contributed by atoms with van der Waals surface area (Å²) in [4.78, 5) is 2.12. The molecule has 0 fully saturated rings. The van der Waals surface area contributed by atoms with Crippen LogP contribution in [0.4, 0.5) is 0 Å². The molecule has 0 spiro atoms. The molecule has 88 valence electrons. The quantitative estimate of drug-likeness (QED) is 0.489. The Bertz CT molecular complexity index is 230. The second-order valence-electron chi connectivity index (χ2n) is 6.20. The van der Waals surface area contributed by atoms with Crippen LogP contribution < -0.4 is 0 Å². The molecule has 0 aliphatic heterocycles. The molecular weight excluding hydrogens is 201 g/mol. The first-order valence-corrected chi connectivity index (χ1v) is 6.83. The Balaban J connectivity index is 4.74. The van der Waals surface area contributed by atoms with Gasteiger partial charge in [-0.05, 0) is 32.3 Å². The van der Waals surface area contributed by atoms with Crippen LogP contribution in [0.25, 0.3) is 0 Å². The molecule has 0 N–H and O–H groups in total. The van der Waals surface area contributed by atoms with E-state index in [9.17, 15) is 0 Å².